The van der Waals surface area contributed by atoms with Crippen LogP contribution in [0.1, 0.15) is 30.1 Å². The summed E-state index contributed by atoms with van der Waals surface area (Å²) in [4.78, 5) is 21.6. The Hall–Kier alpha value is -3.22. The summed E-state index contributed by atoms with van der Waals surface area (Å²) >= 11 is 0. The van der Waals surface area contributed by atoms with Crippen molar-refractivity contribution in [2.24, 2.45) is 0 Å². The highest BCUT2D eigenvalue weighted by Crippen LogP contribution is 2.33. The maximum absolute atomic E-state index is 12.7. The summed E-state index contributed by atoms with van der Waals surface area (Å²) in [7, 11) is 2.05. The maximum atomic E-state index is 12.7. The summed E-state index contributed by atoms with van der Waals surface area (Å²) < 4.78 is 5.31. The molecule has 0 radical (unpaired) electrons. The molecule has 0 aliphatic carbocycles. The zero-order valence-electron chi connectivity index (χ0n) is 16.8. The second-order valence-electron chi connectivity index (χ2n) is 7.19. The Kier molecular flexibility index (Phi) is 5.55. The van der Waals surface area contributed by atoms with E-state index in [1.807, 2.05) is 43.3 Å². The molecule has 3 heterocycles. The van der Waals surface area contributed by atoms with Gasteiger partial charge >= 0.3 is 5.97 Å². The molecule has 0 saturated carbocycles. The lowest BCUT2D eigenvalue weighted by Crippen LogP contribution is -2.47. The molecule has 1 aliphatic rings. The zero-order chi connectivity index (χ0) is 20.2. The minimum absolute atomic E-state index is 0.227. The van der Waals surface area contributed by atoms with Crippen molar-refractivity contribution < 1.29 is 9.53 Å². The molecule has 1 unspecified atom stereocenters. The number of para-hydroxylation sites is 1. The van der Waals surface area contributed by atoms with Crippen molar-refractivity contribution >= 4 is 28.4 Å². The van der Waals surface area contributed by atoms with E-state index in [4.69, 9.17) is 4.74 Å². The van der Waals surface area contributed by atoms with E-state index in [9.17, 15) is 4.79 Å². The Morgan fingerprint density at radius 3 is 2.93 bits per heavy atom. The molecule has 0 spiro atoms. The molecule has 0 bridgehead atoms. The number of fused-ring (bicyclic) bond motifs is 1. The van der Waals surface area contributed by atoms with Gasteiger partial charge in [0.15, 0.2) is 5.82 Å². The molecule has 2 aromatic heterocycles. The van der Waals surface area contributed by atoms with Gasteiger partial charge in [0.05, 0.1) is 17.8 Å². The number of nitrogens with zero attached hydrogens (tertiary/aromatic N) is 5. The Balaban J connectivity index is 1.71. The van der Waals surface area contributed by atoms with Crippen molar-refractivity contribution in [3.05, 3.63) is 54.4 Å². The normalized spacial score (nSPS) is 16.6. The number of piperidine rings is 1. The van der Waals surface area contributed by atoms with Crippen LogP contribution in [0.2, 0.25) is 0 Å². The molecular formula is C22H25N5O2. The first kappa shape index (κ1) is 19.1. The number of hydrogen-bond donors (Lipinski definition) is 0. The summed E-state index contributed by atoms with van der Waals surface area (Å²) in [6, 6.07) is 12.0. The molecule has 1 aromatic carbocycles. The Bertz CT molecular complexity index is 995. The molecule has 1 atom stereocenters. The average molecular weight is 391 g/mol. The first-order valence-electron chi connectivity index (χ1n) is 9.99. The van der Waals surface area contributed by atoms with Gasteiger partial charge in [0.2, 0.25) is 0 Å². The van der Waals surface area contributed by atoms with Gasteiger partial charge in [-0.15, -0.1) is 5.10 Å². The lowest BCUT2D eigenvalue weighted by atomic mass is 10.0. The molecule has 7 nitrogen and oxygen atoms in total. The van der Waals surface area contributed by atoms with E-state index in [1.165, 1.54) is 0 Å². The SMILES string of the molecule is CCOC(=O)c1cnc2ccccc2c1N(C)C1CCCN(c2cccnn2)C1. The quantitative estimate of drug-likeness (QED) is 0.618. The molecule has 3 aromatic rings. The highest BCUT2D eigenvalue weighted by molar-refractivity contribution is 6.05. The van der Waals surface area contributed by atoms with Gasteiger partial charge in [-0.1, -0.05) is 18.2 Å². The third-order valence-electron chi connectivity index (χ3n) is 5.42. The number of ether oxygens (including phenoxy) is 1. The lowest BCUT2D eigenvalue weighted by Gasteiger charge is -2.39. The number of hydrogen-bond acceptors (Lipinski definition) is 7. The van der Waals surface area contributed by atoms with Gasteiger partial charge in [0.1, 0.15) is 5.56 Å². The second-order valence-corrected chi connectivity index (χ2v) is 7.19. The Morgan fingerprint density at radius 1 is 1.28 bits per heavy atom. The van der Waals surface area contributed by atoms with Crippen molar-refractivity contribution in [3.63, 3.8) is 0 Å². The van der Waals surface area contributed by atoms with Crippen molar-refractivity contribution in [2.75, 3.05) is 36.5 Å². The van der Waals surface area contributed by atoms with Gasteiger partial charge < -0.3 is 14.5 Å². The second kappa shape index (κ2) is 8.43. The van der Waals surface area contributed by atoms with E-state index < -0.39 is 0 Å². The van der Waals surface area contributed by atoms with E-state index in [1.54, 1.807) is 12.4 Å². The number of anilines is 2. The van der Waals surface area contributed by atoms with Crippen LogP contribution in [-0.4, -0.2) is 53.9 Å². The van der Waals surface area contributed by atoms with Gasteiger partial charge in [-0.05, 0) is 38.0 Å². The molecule has 4 rings (SSSR count). The summed E-state index contributed by atoms with van der Waals surface area (Å²) in [6.07, 6.45) is 5.40. The van der Waals surface area contributed by atoms with Gasteiger partial charge in [-0.3, -0.25) is 4.98 Å². The lowest BCUT2D eigenvalue weighted by molar-refractivity contribution is 0.0526. The fourth-order valence-electron chi connectivity index (χ4n) is 3.99. The molecule has 1 saturated heterocycles. The predicted molar refractivity (Wildman–Crippen MR) is 113 cm³/mol. The number of benzene rings is 1. The van der Waals surface area contributed by atoms with Crippen molar-refractivity contribution in [2.45, 2.75) is 25.8 Å². The van der Waals surface area contributed by atoms with Crippen LogP contribution in [-0.2, 0) is 4.74 Å². The van der Waals surface area contributed by atoms with Crippen LogP contribution in [0.5, 0.6) is 0 Å². The number of rotatable bonds is 5. The van der Waals surface area contributed by atoms with Crippen LogP contribution in [0.15, 0.2) is 48.8 Å². The largest absolute Gasteiger partial charge is 0.462 e. The summed E-state index contributed by atoms with van der Waals surface area (Å²) in [5.41, 5.74) is 2.24. The number of aromatic nitrogens is 3. The fourth-order valence-corrected chi connectivity index (χ4v) is 3.99. The molecule has 1 aliphatic heterocycles. The molecule has 29 heavy (non-hydrogen) atoms. The number of pyridine rings is 1. The number of carbonyl (C=O) groups is 1. The Labute approximate surface area is 170 Å². The third-order valence-corrected chi connectivity index (χ3v) is 5.42. The fraction of sp³-hybridized carbons (Fsp3) is 0.364. The minimum Gasteiger partial charge on any atom is -0.462 e. The summed E-state index contributed by atoms with van der Waals surface area (Å²) in [5.74, 6) is 0.546. The van der Waals surface area contributed by atoms with E-state index in [0.717, 1.165) is 48.3 Å². The first-order chi connectivity index (χ1) is 14.2. The van der Waals surface area contributed by atoms with Crippen molar-refractivity contribution in [3.8, 4) is 0 Å². The predicted octanol–water partition coefficient (Wildman–Crippen LogP) is 3.31. The number of carbonyl (C=O) groups excluding carboxylic acids is 1. The van der Waals surface area contributed by atoms with Crippen molar-refractivity contribution in [1.29, 1.82) is 0 Å². The summed E-state index contributed by atoms with van der Waals surface area (Å²) in [6.45, 7) is 3.91. The van der Waals surface area contributed by atoms with Crippen LogP contribution in [0.4, 0.5) is 11.5 Å². The van der Waals surface area contributed by atoms with Gasteiger partial charge in [0.25, 0.3) is 0 Å². The average Bonchev–Trinajstić information content (AvgIpc) is 2.78. The van der Waals surface area contributed by atoms with Crippen molar-refractivity contribution in [1.82, 2.24) is 15.2 Å². The smallest absolute Gasteiger partial charge is 0.341 e. The highest BCUT2D eigenvalue weighted by Gasteiger charge is 2.28. The summed E-state index contributed by atoms with van der Waals surface area (Å²) in [5, 5.41) is 9.23. The van der Waals surface area contributed by atoms with Crippen LogP contribution >= 0.6 is 0 Å². The van der Waals surface area contributed by atoms with Gasteiger partial charge in [0, 0.05) is 44.0 Å². The monoisotopic (exact) mass is 391 g/mol. The number of esters is 1. The zero-order valence-corrected chi connectivity index (χ0v) is 16.8. The topological polar surface area (TPSA) is 71.5 Å². The molecule has 0 amide bonds. The third kappa shape index (κ3) is 3.85. The molecule has 0 N–H and O–H groups in total. The maximum Gasteiger partial charge on any atom is 0.341 e. The molecule has 150 valence electrons. The van der Waals surface area contributed by atoms with Crippen LogP contribution < -0.4 is 9.80 Å². The minimum atomic E-state index is -0.339. The van der Waals surface area contributed by atoms with Gasteiger partial charge in [-0.25, -0.2) is 4.79 Å². The first-order valence-corrected chi connectivity index (χ1v) is 9.99. The molecule has 1 fully saturated rings. The van der Waals surface area contributed by atoms with E-state index in [0.29, 0.717) is 12.2 Å². The van der Waals surface area contributed by atoms with E-state index in [2.05, 4.69) is 32.0 Å². The molecule has 7 heteroatoms. The van der Waals surface area contributed by atoms with Crippen LogP contribution in [0.3, 0.4) is 0 Å². The van der Waals surface area contributed by atoms with Gasteiger partial charge in [-0.2, -0.15) is 5.10 Å². The van der Waals surface area contributed by atoms with E-state index in [-0.39, 0.29) is 12.0 Å². The Morgan fingerprint density at radius 2 is 2.14 bits per heavy atom. The van der Waals surface area contributed by atoms with Crippen LogP contribution in [0, 0.1) is 0 Å². The number of likely N-dealkylation sites (N-methyl/N-ethyl adjacent to an activating group) is 1. The standard InChI is InChI=1S/C22H25N5O2/c1-3-29-22(28)18-14-23-19-10-5-4-9-17(19)21(18)26(2)16-8-7-13-27(15-16)20-11-6-12-24-25-20/h4-6,9-12,14,16H,3,7-8,13,15H2,1-2H3. The van der Waals surface area contributed by atoms with E-state index >= 15 is 0 Å². The highest BCUT2D eigenvalue weighted by atomic mass is 16.5. The van der Waals surface area contributed by atoms with Crippen LogP contribution in [0.25, 0.3) is 10.9 Å². The molecular weight excluding hydrogens is 366 g/mol.